The smallest absolute Gasteiger partial charge is 0.309 e. The van der Waals surface area contributed by atoms with E-state index in [0.29, 0.717) is 0 Å². The van der Waals surface area contributed by atoms with Gasteiger partial charge >= 0.3 is 5.97 Å². The average molecular weight is 349 g/mol. The highest BCUT2D eigenvalue weighted by Crippen LogP contribution is 2.20. The standard InChI is InChI=1S/C14H36N2O2Si3/c1-19(2,3)16(20(4,5)6)12-10-11-13(15)14(17)18-21(7,8)9/h13H,10-12,15H2,1-9H3. The zero-order chi connectivity index (χ0) is 17.1. The van der Waals surface area contributed by atoms with E-state index in [-0.39, 0.29) is 5.97 Å². The molecule has 0 aromatic carbocycles. The van der Waals surface area contributed by atoms with Crippen molar-refractivity contribution in [2.24, 2.45) is 5.73 Å². The second-order valence-electron chi connectivity index (χ2n) is 8.78. The van der Waals surface area contributed by atoms with Gasteiger partial charge in [-0.25, -0.2) is 0 Å². The van der Waals surface area contributed by atoms with Crippen molar-refractivity contribution in [2.45, 2.75) is 77.8 Å². The molecule has 0 bridgehead atoms. The molecule has 0 aliphatic carbocycles. The van der Waals surface area contributed by atoms with Crippen LogP contribution in [0, 0.1) is 0 Å². The van der Waals surface area contributed by atoms with Gasteiger partial charge in [0, 0.05) is 0 Å². The van der Waals surface area contributed by atoms with Crippen LogP contribution in [0.5, 0.6) is 0 Å². The Morgan fingerprint density at radius 1 is 1.00 bits per heavy atom. The predicted molar refractivity (Wildman–Crippen MR) is 100 cm³/mol. The van der Waals surface area contributed by atoms with E-state index in [1.165, 1.54) is 0 Å². The number of carbonyl (C=O) groups is 1. The predicted octanol–water partition coefficient (Wildman–Crippen LogP) is 3.44. The van der Waals surface area contributed by atoms with Crippen molar-refractivity contribution in [2.75, 3.05) is 6.54 Å². The van der Waals surface area contributed by atoms with Gasteiger partial charge in [0.2, 0.25) is 8.32 Å². The third-order valence-corrected chi connectivity index (χ3v) is 11.8. The summed E-state index contributed by atoms with van der Waals surface area (Å²) in [5.41, 5.74) is 5.98. The van der Waals surface area contributed by atoms with Gasteiger partial charge in [-0.2, -0.15) is 0 Å². The van der Waals surface area contributed by atoms with Crippen LogP contribution < -0.4 is 5.73 Å². The van der Waals surface area contributed by atoms with Crippen LogP contribution in [0.15, 0.2) is 0 Å². The quantitative estimate of drug-likeness (QED) is 0.683. The molecule has 0 saturated carbocycles. The van der Waals surface area contributed by atoms with Gasteiger partial charge in [0.15, 0.2) is 0 Å². The Morgan fingerprint density at radius 3 is 1.76 bits per heavy atom. The molecule has 0 radical (unpaired) electrons. The third kappa shape index (κ3) is 8.92. The fourth-order valence-electron chi connectivity index (χ4n) is 2.64. The molecule has 0 aromatic heterocycles. The van der Waals surface area contributed by atoms with E-state index in [1.54, 1.807) is 0 Å². The van der Waals surface area contributed by atoms with Crippen LogP contribution in [-0.2, 0) is 9.22 Å². The monoisotopic (exact) mass is 348 g/mol. The lowest BCUT2D eigenvalue weighted by Gasteiger charge is -2.43. The van der Waals surface area contributed by atoms with Gasteiger partial charge in [0.05, 0.1) is 0 Å². The van der Waals surface area contributed by atoms with Gasteiger partial charge in [-0.3, -0.25) is 4.79 Å². The van der Waals surface area contributed by atoms with E-state index in [9.17, 15) is 4.79 Å². The first-order chi connectivity index (χ1) is 9.14. The molecule has 1 unspecified atom stereocenters. The Balaban J connectivity index is 4.43. The molecule has 0 aliphatic heterocycles. The van der Waals surface area contributed by atoms with E-state index in [4.69, 9.17) is 10.2 Å². The summed E-state index contributed by atoms with van der Waals surface area (Å²) in [5, 5.41) is 0. The first-order valence-corrected chi connectivity index (χ1v) is 18.2. The minimum Gasteiger partial charge on any atom is -0.519 e. The number of hydrogen-bond acceptors (Lipinski definition) is 4. The van der Waals surface area contributed by atoms with Crippen molar-refractivity contribution in [3.63, 3.8) is 0 Å². The molecule has 0 fully saturated rings. The Bertz CT molecular complexity index is 330. The summed E-state index contributed by atoms with van der Waals surface area (Å²) in [6.07, 6.45) is 1.69. The highest BCUT2D eigenvalue weighted by atomic mass is 28.4. The minimum absolute atomic E-state index is 0.221. The summed E-state index contributed by atoms with van der Waals surface area (Å²) in [4.78, 5) is 11.9. The van der Waals surface area contributed by atoms with E-state index in [2.05, 4.69) is 43.5 Å². The average Bonchev–Trinajstić information content (AvgIpc) is 2.17. The number of nitrogens with zero attached hydrogens (tertiary/aromatic N) is 1. The van der Waals surface area contributed by atoms with Crippen molar-refractivity contribution in [1.29, 1.82) is 0 Å². The summed E-state index contributed by atoms with van der Waals surface area (Å²) < 4.78 is 8.20. The van der Waals surface area contributed by atoms with Crippen molar-refractivity contribution >= 4 is 30.8 Å². The highest BCUT2D eigenvalue weighted by molar-refractivity contribution is 6.89. The lowest BCUT2D eigenvalue weighted by molar-refractivity contribution is -0.136. The van der Waals surface area contributed by atoms with E-state index < -0.39 is 30.8 Å². The Labute approximate surface area is 134 Å². The van der Waals surface area contributed by atoms with Crippen LogP contribution in [0.25, 0.3) is 0 Å². The first kappa shape index (κ1) is 21.0. The molecule has 0 amide bonds. The molecule has 0 heterocycles. The number of carbonyl (C=O) groups excluding carboxylic acids is 1. The number of nitrogens with two attached hydrogens (primary N) is 1. The second kappa shape index (κ2) is 7.54. The maximum absolute atomic E-state index is 11.9. The molecule has 2 N–H and O–H groups in total. The lowest BCUT2D eigenvalue weighted by atomic mass is 10.2. The maximum Gasteiger partial charge on any atom is 0.309 e. The number of rotatable bonds is 8. The van der Waals surface area contributed by atoms with Gasteiger partial charge in [-0.1, -0.05) is 39.3 Å². The van der Waals surface area contributed by atoms with Crippen LogP contribution in [0.4, 0.5) is 0 Å². The molecular formula is C14H36N2O2Si3. The zero-order valence-corrected chi connectivity index (χ0v) is 18.5. The fourth-order valence-corrected chi connectivity index (χ4v) is 13.1. The van der Waals surface area contributed by atoms with Crippen LogP contribution in [0.1, 0.15) is 12.8 Å². The molecular weight excluding hydrogens is 312 g/mol. The molecule has 4 nitrogen and oxygen atoms in total. The third-order valence-electron chi connectivity index (χ3n) is 3.23. The van der Waals surface area contributed by atoms with Crippen LogP contribution in [-0.4, -0.2) is 47.6 Å². The molecule has 0 aromatic rings. The van der Waals surface area contributed by atoms with Gasteiger partial charge in [0.1, 0.15) is 22.5 Å². The summed E-state index contributed by atoms with van der Waals surface area (Å²) in [6, 6.07) is -0.471. The Hall–Kier alpha value is 0.0406. The topological polar surface area (TPSA) is 55.6 Å². The van der Waals surface area contributed by atoms with E-state index in [1.807, 2.05) is 19.6 Å². The summed E-state index contributed by atoms with van der Waals surface area (Å²) >= 11 is 0. The van der Waals surface area contributed by atoms with Crippen molar-refractivity contribution < 1.29 is 9.22 Å². The van der Waals surface area contributed by atoms with Crippen molar-refractivity contribution in [1.82, 2.24) is 4.23 Å². The van der Waals surface area contributed by atoms with E-state index >= 15 is 0 Å². The Morgan fingerprint density at radius 2 is 1.43 bits per heavy atom. The largest absolute Gasteiger partial charge is 0.519 e. The molecule has 0 rings (SSSR count). The maximum atomic E-state index is 11.9. The molecule has 0 spiro atoms. The molecule has 126 valence electrons. The molecule has 1 atom stereocenters. The molecule has 21 heavy (non-hydrogen) atoms. The Kier molecular flexibility index (Phi) is 7.56. The molecule has 7 heteroatoms. The van der Waals surface area contributed by atoms with E-state index in [0.717, 1.165) is 19.4 Å². The second-order valence-corrected chi connectivity index (χ2v) is 23.4. The van der Waals surface area contributed by atoms with Crippen molar-refractivity contribution in [3.05, 3.63) is 0 Å². The summed E-state index contributed by atoms with van der Waals surface area (Å²) in [7, 11) is -4.46. The zero-order valence-electron chi connectivity index (χ0n) is 15.5. The lowest BCUT2D eigenvalue weighted by Crippen LogP contribution is -2.59. The first-order valence-electron chi connectivity index (χ1n) is 7.91. The summed E-state index contributed by atoms with van der Waals surface area (Å²) in [6.45, 7) is 21.4. The van der Waals surface area contributed by atoms with Crippen LogP contribution >= 0.6 is 0 Å². The fraction of sp³-hybridized carbons (Fsp3) is 0.929. The summed E-state index contributed by atoms with van der Waals surface area (Å²) in [5.74, 6) is -0.221. The van der Waals surface area contributed by atoms with Crippen molar-refractivity contribution in [3.8, 4) is 0 Å². The van der Waals surface area contributed by atoms with Crippen LogP contribution in [0.2, 0.25) is 58.9 Å². The van der Waals surface area contributed by atoms with Gasteiger partial charge in [-0.15, -0.1) is 0 Å². The molecule has 0 saturated heterocycles. The van der Waals surface area contributed by atoms with Crippen LogP contribution in [0.3, 0.4) is 0 Å². The highest BCUT2D eigenvalue weighted by Gasteiger charge is 2.34. The normalized spacial score (nSPS) is 15.2. The molecule has 0 aliphatic rings. The van der Waals surface area contributed by atoms with Gasteiger partial charge in [0.25, 0.3) is 0 Å². The SMILES string of the molecule is C[Si](C)(C)OC(=O)C(N)CCCN([Si](C)(C)C)[Si](C)(C)C. The van der Waals surface area contributed by atoms with Gasteiger partial charge in [-0.05, 0) is 39.0 Å². The minimum atomic E-state index is -1.83. The van der Waals surface area contributed by atoms with Gasteiger partial charge < -0.3 is 14.4 Å². The number of hydrogen-bond donors (Lipinski definition) is 1.